The number of aliphatic hydroxyl groups excluding tert-OH is 1. The van der Waals surface area contributed by atoms with Crippen LogP contribution in [0.2, 0.25) is 5.02 Å². The summed E-state index contributed by atoms with van der Waals surface area (Å²) in [6, 6.07) is 12.4. The van der Waals surface area contributed by atoms with Gasteiger partial charge in [0.2, 0.25) is 0 Å². The standard InChI is InChI=1S/C31H49ClN4O4S/c1-5-33-27-18-25(19-28(20-27)36-14-6-7-15-41(36,39)40)31(38)35-29(17-24-12-9-13-26(32)16-24)30(37)21-34-23(4)11-8-10-22(2)3/h9,12-13,16,18-20,22-23,29-30,33-34,37,39-40H,5-8,10-11,14-15,17,21H2,1-4H3,(H,35,38)/t23?,29-,30-/m0/s1. The Kier molecular flexibility index (Phi) is 13.1. The molecule has 1 unspecified atom stereocenters. The van der Waals surface area contributed by atoms with Gasteiger partial charge in [-0.25, -0.2) is 0 Å². The average molecular weight is 609 g/mol. The highest BCUT2D eigenvalue weighted by atomic mass is 35.5. The topological polar surface area (TPSA) is 117 Å². The number of carbonyl (C=O) groups excluding carboxylic acids is 1. The number of anilines is 2. The van der Waals surface area contributed by atoms with Gasteiger partial charge in [-0.15, -0.1) is 10.8 Å². The Hall–Kier alpha value is -2.01. The fraction of sp³-hybridized carbons (Fsp3) is 0.581. The van der Waals surface area contributed by atoms with E-state index in [9.17, 15) is 19.0 Å². The summed E-state index contributed by atoms with van der Waals surface area (Å²) in [4.78, 5) is 13.7. The molecule has 10 heteroatoms. The van der Waals surface area contributed by atoms with E-state index < -0.39 is 22.9 Å². The van der Waals surface area contributed by atoms with Gasteiger partial charge in [0.05, 0.1) is 23.6 Å². The van der Waals surface area contributed by atoms with E-state index in [0.717, 1.165) is 36.9 Å². The molecule has 0 bridgehead atoms. The van der Waals surface area contributed by atoms with Crippen LogP contribution in [0, 0.1) is 5.92 Å². The third-order valence-electron chi connectivity index (χ3n) is 7.45. The summed E-state index contributed by atoms with van der Waals surface area (Å²) >= 11 is 6.23. The zero-order chi connectivity index (χ0) is 30.0. The maximum absolute atomic E-state index is 13.7. The Morgan fingerprint density at radius 2 is 1.88 bits per heavy atom. The molecule has 41 heavy (non-hydrogen) atoms. The molecule has 6 N–H and O–H groups in total. The van der Waals surface area contributed by atoms with Crippen molar-refractivity contribution in [2.75, 3.05) is 35.0 Å². The zero-order valence-electron chi connectivity index (χ0n) is 24.9. The summed E-state index contributed by atoms with van der Waals surface area (Å²) in [5.74, 6) is 0.645. The van der Waals surface area contributed by atoms with Crippen molar-refractivity contribution in [3.8, 4) is 0 Å². The van der Waals surface area contributed by atoms with Crippen LogP contribution in [-0.2, 0) is 6.42 Å². The monoisotopic (exact) mass is 608 g/mol. The van der Waals surface area contributed by atoms with Crippen molar-refractivity contribution in [3.05, 3.63) is 58.6 Å². The van der Waals surface area contributed by atoms with E-state index in [-0.39, 0.29) is 11.9 Å². The summed E-state index contributed by atoms with van der Waals surface area (Å²) < 4.78 is 23.1. The summed E-state index contributed by atoms with van der Waals surface area (Å²) in [5, 5.41) is 21.6. The highest BCUT2D eigenvalue weighted by Crippen LogP contribution is 2.50. The molecule has 1 amide bonds. The number of nitrogens with one attached hydrogen (secondary N) is 3. The molecule has 8 nitrogen and oxygen atoms in total. The molecule has 1 aliphatic heterocycles. The molecular formula is C31H49ClN4O4S. The first kappa shape index (κ1) is 33.5. The predicted molar refractivity (Wildman–Crippen MR) is 173 cm³/mol. The van der Waals surface area contributed by atoms with Gasteiger partial charge in [-0.1, -0.05) is 50.4 Å². The van der Waals surface area contributed by atoms with Crippen LogP contribution in [0.15, 0.2) is 42.5 Å². The van der Waals surface area contributed by atoms with Crippen molar-refractivity contribution in [1.82, 2.24) is 10.6 Å². The number of hydrogen-bond acceptors (Lipinski definition) is 7. The minimum Gasteiger partial charge on any atom is -0.390 e. The highest BCUT2D eigenvalue weighted by molar-refractivity contribution is 8.25. The third kappa shape index (κ3) is 10.6. The molecule has 1 aliphatic rings. The SMILES string of the molecule is CCNc1cc(C(=O)N[C@@H](Cc2cccc(Cl)c2)[C@@H](O)CNC(C)CCCC(C)C)cc(N2CCCCS2(O)O)c1. The molecule has 0 aliphatic carbocycles. The summed E-state index contributed by atoms with van der Waals surface area (Å²) in [7, 11) is -2.95. The lowest BCUT2D eigenvalue weighted by atomic mass is 9.99. The maximum atomic E-state index is 13.7. The molecule has 0 spiro atoms. The number of amides is 1. The lowest BCUT2D eigenvalue weighted by Crippen LogP contribution is -2.49. The van der Waals surface area contributed by atoms with E-state index in [1.54, 1.807) is 22.5 Å². The first-order chi connectivity index (χ1) is 19.5. The highest BCUT2D eigenvalue weighted by Gasteiger charge is 2.29. The average Bonchev–Trinajstić information content (AvgIpc) is 2.91. The van der Waals surface area contributed by atoms with Crippen LogP contribution in [-0.4, -0.2) is 63.7 Å². The molecule has 2 aromatic rings. The Morgan fingerprint density at radius 1 is 1.10 bits per heavy atom. The van der Waals surface area contributed by atoms with Crippen molar-refractivity contribution < 1.29 is 19.0 Å². The zero-order valence-corrected chi connectivity index (χ0v) is 26.5. The van der Waals surface area contributed by atoms with Gasteiger partial charge in [-0.3, -0.25) is 18.2 Å². The summed E-state index contributed by atoms with van der Waals surface area (Å²) in [6.07, 6.45) is 4.48. The second kappa shape index (κ2) is 16.0. The molecule has 1 fully saturated rings. The van der Waals surface area contributed by atoms with E-state index >= 15 is 0 Å². The molecule has 0 radical (unpaired) electrons. The van der Waals surface area contributed by atoms with Crippen LogP contribution in [0.5, 0.6) is 0 Å². The second-order valence-corrected chi connectivity index (χ2v) is 14.1. The van der Waals surface area contributed by atoms with Gasteiger partial charge in [0.15, 0.2) is 0 Å². The van der Waals surface area contributed by atoms with E-state index in [4.69, 9.17) is 11.6 Å². The Labute approximate surface area is 252 Å². The molecule has 3 rings (SSSR count). The third-order valence-corrected chi connectivity index (χ3v) is 9.62. The van der Waals surface area contributed by atoms with Crippen molar-refractivity contribution in [2.45, 2.75) is 84.4 Å². The van der Waals surface area contributed by atoms with Crippen LogP contribution in [0.1, 0.15) is 75.7 Å². The maximum Gasteiger partial charge on any atom is 0.251 e. The fourth-order valence-electron chi connectivity index (χ4n) is 5.15. The Bertz CT molecular complexity index is 1120. The second-order valence-electron chi connectivity index (χ2n) is 11.6. The molecule has 0 saturated carbocycles. The lowest BCUT2D eigenvalue weighted by molar-refractivity contribution is 0.0825. The van der Waals surface area contributed by atoms with Crippen molar-refractivity contribution in [2.24, 2.45) is 5.92 Å². The fourth-order valence-corrected chi connectivity index (χ4v) is 7.04. The molecule has 0 aromatic heterocycles. The van der Waals surface area contributed by atoms with E-state index in [1.165, 1.54) is 6.42 Å². The van der Waals surface area contributed by atoms with Crippen LogP contribution in [0.3, 0.4) is 0 Å². The molecule has 1 saturated heterocycles. The van der Waals surface area contributed by atoms with Crippen LogP contribution in [0.4, 0.5) is 11.4 Å². The van der Waals surface area contributed by atoms with Gasteiger partial charge in [0.25, 0.3) is 5.91 Å². The number of aliphatic hydroxyl groups is 1. The van der Waals surface area contributed by atoms with Gasteiger partial charge in [-0.2, -0.15) is 0 Å². The largest absolute Gasteiger partial charge is 0.390 e. The minimum atomic E-state index is -2.95. The predicted octanol–water partition coefficient (Wildman–Crippen LogP) is 6.54. The van der Waals surface area contributed by atoms with E-state index in [1.807, 2.05) is 31.2 Å². The quantitative estimate of drug-likeness (QED) is 0.136. The molecular weight excluding hydrogens is 560 g/mol. The van der Waals surface area contributed by atoms with Gasteiger partial charge in [0.1, 0.15) is 0 Å². The summed E-state index contributed by atoms with van der Waals surface area (Å²) in [5.41, 5.74) is 2.62. The van der Waals surface area contributed by atoms with Gasteiger partial charge >= 0.3 is 0 Å². The first-order valence-electron chi connectivity index (χ1n) is 14.9. The Balaban J connectivity index is 1.80. The van der Waals surface area contributed by atoms with Crippen LogP contribution >= 0.6 is 22.4 Å². The number of rotatable bonds is 15. The number of halogens is 1. The first-order valence-corrected chi connectivity index (χ1v) is 16.9. The van der Waals surface area contributed by atoms with Gasteiger partial charge in [0, 0.05) is 41.9 Å². The number of carbonyl (C=O) groups is 1. The van der Waals surface area contributed by atoms with Crippen molar-refractivity contribution in [1.29, 1.82) is 0 Å². The molecule has 3 atom stereocenters. The van der Waals surface area contributed by atoms with Gasteiger partial charge in [-0.05, 0) is 81.3 Å². The molecule has 2 aromatic carbocycles. The summed E-state index contributed by atoms with van der Waals surface area (Å²) in [6.45, 7) is 10.0. The number of benzene rings is 2. The lowest BCUT2D eigenvalue weighted by Gasteiger charge is -2.47. The number of hydrogen-bond donors (Lipinski definition) is 6. The molecule has 1 heterocycles. The smallest absolute Gasteiger partial charge is 0.251 e. The van der Waals surface area contributed by atoms with Crippen LogP contribution in [0.25, 0.3) is 0 Å². The van der Waals surface area contributed by atoms with Crippen molar-refractivity contribution in [3.63, 3.8) is 0 Å². The minimum absolute atomic E-state index is 0.245. The molecule has 230 valence electrons. The van der Waals surface area contributed by atoms with Crippen LogP contribution < -0.4 is 20.3 Å². The van der Waals surface area contributed by atoms with Gasteiger partial charge < -0.3 is 21.1 Å². The Morgan fingerprint density at radius 3 is 2.56 bits per heavy atom. The number of nitrogens with zero attached hydrogens (tertiary/aromatic N) is 1. The van der Waals surface area contributed by atoms with Crippen molar-refractivity contribution >= 4 is 39.7 Å². The van der Waals surface area contributed by atoms with E-state index in [0.29, 0.717) is 54.0 Å². The van der Waals surface area contributed by atoms with E-state index in [2.05, 4.69) is 36.7 Å². The normalized spacial score (nSPS) is 18.0.